The smallest absolute Gasteiger partial charge is 0.0468 e. The summed E-state index contributed by atoms with van der Waals surface area (Å²) < 4.78 is 6.62. The first-order chi connectivity index (χ1) is 8.33. The van der Waals surface area contributed by atoms with E-state index in [9.17, 15) is 0 Å². The van der Waals surface area contributed by atoms with Gasteiger partial charge >= 0.3 is 0 Å². The van der Waals surface area contributed by atoms with E-state index in [2.05, 4.69) is 34.2 Å². The maximum Gasteiger partial charge on any atom is 0.0468 e. The number of ether oxygens (including phenoxy) is 1. The molecule has 96 valence electrons. The van der Waals surface area contributed by atoms with Crippen LogP contribution >= 0.6 is 15.9 Å². The van der Waals surface area contributed by atoms with E-state index in [0.717, 1.165) is 24.9 Å². The molecule has 2 aliphatic carbocycles. The molecule has 2 aliphatic rings. The largest absolute Gasteiger partial charge is 0.385 e. The third kappa shape index (κ3) is 3.45. The lowest BCUT2D eigenvalue weighted by Crippen LogP contribution is -2.26. The molecule has 2 heteroatoms. The molecule has 1 nitrogen and oxygen atoms in total. The highest BCUT2D eigenvalue weighted by molar-refractivity contribution is 9.11. The Kier molecular flexibility index (Phi) is 5.30. The molecular formula is C15H23BrO. The van der Waals surface area contributed by atoms with Crippen molar-refractivity contribution < 1.29 is 4.74 Å². The number of methoxy groups -OCH3 is 1. The van der Waals surface area contributed by atoms with Gasteiger partial charge in [0, 0.05) is 13.7 Å². The van der Waals surface area contributed by atoms with Gasteiger partial charge in [0.1, 0.15) is 0 Å². The molecule has 1 saturated carbocycles. The molecule has 0 radical (unpaired) electrons. The predicted octanol–water partition coefficient (Wildman–Crippen LogP) is 4.68. The lowest BCUT2D eigenvalue weighted by Gasteiger charge is -2.35. The summed E-state index contributed by atoms with van der Waals surface area (Å²) in [7, 11) is 1.80. The molecule has 0 heterocycles. The lowest BCUT2D eigenvalue weighted by molar-refractivity contribution is 0.158. The van der Waals surface area contributed by atoms with E-state index in [4.69, 9.17) is 4.74 Å². The fraction of sp³-hybridized carbons (Fsp3) is 0.733. The Labute approximate surface area is 113 Å². The Morgan fingerprint density at radius 2 is 2.06 bits per heavy atom. The van der Waals surface area contributed by atoms with E-state index in [1.165, 1.54) is 36.6 Å². The molecule has 0 aliphatic heterocycles. The maximum atomic E-state index is 5.26. The Morgan fingerprint density at radius 1 is 1.29 bits per heavy atom. The first-order valence-electron chi connectivity index (χ1n) is 6.85. The summed E-state index contributed by atoms with van der Waals surface area (Å²) in [6.07, 6.45) is 15.1. The van der Waals surface area contributed by atoms with Gasteiger partial charge in [-0.25, -0.2) is 0 Å². The van der Waals surface area contributed by atoms with Gasteiger partial charge in [0.25, 0.3) is 0 Å². The van der Waals surface area contributed by atoms with E-state index in [1.54, 1.807) is 7.11 Å². The molecule has 0 aromatic carbocycles. The van der Waals surface area contributed by atoms with Crippen LogP contribution in [0.1, 0.15) is 38.5 Å². The number of allylic oxidation sites excluding steroid dienone is 4. The lowest BCUT2D eigenvalue weighted by atomic mass is 9.72. The fourth-order valence-electron chi connectivity index (χ4n) is 3.30. The van der Waals surface area contributed by atoms with Crippen molar-refractivity contribution in [3.63, 3.8) is 0 Å². The third-order valence-corrected chi connectivity index (χ3v) is 5.09. The van der Waals surface area contributed by atoms with E-state index in [1.807, 2.05) is 0 Å². The van der Waals surface area contributed by atoms with Crippen molar-refractivity contribution in [2.24, 2.45) is 17.8 Å². The van der Waals surface area contributed by atoms with Gasteiger partial charge in [-0.3, -0.25) is 0 Å². The minimum Gasteiger partial charge on any atom is -0.385 e. The second-order valence-electron chi connectivity index (χ2n) is 5.30. The molecule has 2 unspecified atom stereocenters. The Balaban J connectivity index is 2.02. The van der Waals surface area contributed by atoms with Crippen LogP contribution in [0.3, 0.4) is 0 Å². The minimum atomic E-state index is 0.642. The van der Waals surface area contributed by atoms with Crippen LogP contribution in [0, 0.1) is 17.8 Å². The number of halogens is 1. The molecule has 2 rings (SSSR count). The quantitative estimate of drug-likeness (QED) is 0.732. The van der Waals surface area contributed by atoms with Gasteiger partial charge in [-0.05, 0) is 41.5 Å². The maximum absolute atomic E-state index is 5.26. The van der Waals surface area contributed by atoms with Crippen LogP contribution < -0.4 is 0 Å². The Morgan fingerprint density at radius 3 is 2.76 bits per heavy atom. The van der Waals surface area contributed by atoms with E-state index < -0.39 is 0 Å². The van der Waals surface area contributed by atoms with E-state index in [-0.39, 0.29) is 0 Å². The standard InChI is InChI=1S/C15H23BrO/c1-17-11-10-14-13(8-5-9-15(14)16)12-6-3-2-4-7-12/h5,8-9,12-14H,2-4,6-7,10-11H2,1H3. The predicted molar refractivity (Wildman–Crippen MR) is 76.2 cm³/mol. The molecule has 17 heavy (non-hydrogen) atoms. The van der Waals surface area contributed by atoms with Crippen molar-refractivity contribution in [1.82, 2.24) is 0 Å². The van der Waals surface area contributed by atoms with Crippen LogP contribution in [0.2, 0.25) is 0 Å². The average Bonchev–Trinajstić information content (AvgIpc) is 2.38. The van der Waals surface area contributed by atoms with Crippen LogP contribution in [0.5, 0.6) is 0 Å². The van der Waals surface area contributed by atoms with Crippen molar-refractivity contribution >= 4 is 15.9 Å². The highest BCUT2D eigenvalue weighted by Crippen LogP contribution is 2.42. The summed E-state index contributed by atoms with van der Waals surface area (Å²) in [6.45, 7) is 0.866. The van der Waals surface area contributed by atoms with Gasteiger partial charge in [-0.1, -0.05) is 53.4 Å². The van der Waals surface area contributed by atoms with Crippen molar-refractivity contribution in [2.75, 3.05) is 13.7 Å². The molecule has 0 aromatic heterocycles. The molecular weight excluding hydrogens is 276 g/mol. The van der Waals surface area contributed by atoms with Gasteiger partial charge in [0.05, 0.1) is 0 Å². The van der Waals surface area contributed by atoms with Crippen LogP contribution in [-0.2, 0) is 4.74 Å². The van der Waals surface area contributed by atoms with Crippen LogP contribution in [0.25, 0.3) is 0 Å². The van der Waals surface area contributed by atoms with Crippen molar-refractivity contribution in [3.8, 4) is 0 Å². The zero-order chi connectivity index (χ0) is 12.1. The first kappa shape index (κ1) is 13.4. The summed E-state index contributed by atoms with van der Waals surface area (Å²) in [5.74, 6) is 2.26. The van der Waals surface area contributed by atoms with Gasteiger partial charge in [0.2, 0.25) is 0 Å². The summed E-state index contributed by atoms with van der Waals surface area (Å²) in [4.78, 5) is 0. The number of hydrogen-bond acceptors (Lipinski definition) is 1. The summed E-state index contributed by atoms with van der Waals surface area (Å²) >= 11 is 3.75. The zero-order valence-corrected chi connectivity index (χ0v) is 12.3. The molecule has 0 bridgehead atoms. The molecule has 0 saturated heterocycles. The zero-order valence-electron chi connectivity index (χ0n) is 10.7. The van der Waals surface area contributed by atoms with Gasteiger partial charge in [-0.15, -0.1) is 0 Å². The monoisotopic (exact) mass is 298 g/mol. The average molecular weight is 299 g/mol. The second kappa shape index (κ2) is 6.75. The number of hydrogen-bond donors (Lipinski definition) is 0. The van der Waals surface area contributed by atoms with Gasteiger partial charge < -0.3 is 4.74 Å². The van der Waals surface area contributed by atoms with Crippen molar-refractivity contribution in [2.45, 2.75) is 38.5 Å². The molecule has 1 fully saturated rings. The molecule has 2 atom stereocenters. The molecule has 0 amide bonds. The summed E-state index contributed by atoms with van der Waals surface area (Å²) in [5.41, 5.74) is 0. The molecule has 0 spiro atoms. The highest BCUT2D eigenvalue weighted by Gasteiger charge is 2.31. The normalized spacial score (nSPS) is 30.4. The summed E-state index contributed by atoms with van der Waals surface area (Å²) in [5, 5.41) is 0. The van der Waals surface area contributed by atoms with Gasteiger partial charge in [0.15, 0.2) is 0 Å². The minimum absolute atomic E-state index is 0.642. The fourth-order valence-corrected chi connectivity index (χ4v) is 3.98. The second-order valence-corrected chi connectivity index (χ2v) is 6.22. The van der Waals surface area contributed by atoms with Crippen LogP contribution in [0.15, 0.2) is 22.7 Å². The molecule has 0 N–H and O–H groups in total. The van der Waals surface area contributed by atoms with E-state index in [0.29, 0.717) is 5.92 Å². The molecule has 0 aromatic rings. The Bertz CT molecular complexity index is 289. The third-order valence-electron chi connectivity index (χ3n) is 4.23. The van der Waals surface area contributed by atoms with Crippen molar-refractivity contribution in [1.29, 1.82) is 0 Å². The van der Waals surface area contributed by atoms with E-state index >= 15 is 0 Å². The van der Waals surface area contributed by atoms with Gasteiger partial charge in [-0.2, -0.15) is 0 Å². The van der Waals surface area contributed by atoms with Crippen LogP contribution in [0.4, 0.5) is 0 Å². The van der Waals surface area contributed by atoms with Crippen molar-refractivity contribution in [3.05, 3.63) is 22.7 Å². The summed E-state index contributed by atoms with van der Waals surface area (Å²) in [6, 6.07) is 0. The first-order valence-corrected chi connectivity index (χ1v) is 7.65. The SMILES string of the molecule is COCCC1C(Br)=CC=CC1C1CCCCC1. The highest BCUT2D eigenvalue weighted by atomic mass is 79.9. The van der Waals surface area contributed by atoms with Crippen LogP contribution in [-0.4, -0.2) is 13.7 Å². The Hall–Kier alpha value is -0.0800. The topological polar surface area (TPSA) is 9.23 Å². The number of rotatable bonds is 4.